The van der Waals surface area contributed by atoms with Crippen molar-refractivity contribution < 1.29 is 4.79 Å². The lowest BCUT2D eigenvalue weighted by Gasteiger charge is -2.35. The molecule has 0 N–H and O–H groups in total. The summed E-state index contributed by atoms with van der Waals surface area (Å²) in [6.07, 6.45) is 2.98. The Balaban J connectivity index is 1.89. The van der Waals surface area contributed by atoms with Gasteiger partial charge in [0.05, 0.1) is 5.75 Å². The molecular formula is C14H19BrN2OS. The third kappa shape index (κ3) is 4.21. The summed E-state index contributed by atoms with van der Waals surface area (Å²) in [5.74, 6) is 1.91. The van der Waals surface area contributed by atoms with Crippen molar-refractivity contribution in [2.24, 2.45) is 11.8 Å². The van der Waals surface area contributed by atoms with Crippen LogP contribution >= 0.6 is 27.7 Å². The first-order valence-electron chi connectivity index (χ1n) is 6.57. The summed E-state index contributed by atoms with van der Waals surface area (Å²) in [5, 5.41) is 0.883. The SMILES string of the molecule is CC1CC(C)CN(C(=O)CSc2ncccc2Br)C1. The number of hydrogen-bond donors (Lipinski definition) is 0. The Hall–Kier alpha value is -0.550. The minimum Gasteiger partial charge on any atom is -0.341 e. The highest BCUT2D eigenvalue weighted by Crippen LogP contribution is 2.26. The maximum absolute atomic E-state index is 12.2. The van der Waals surface area contributed by atoms with Crippen LogP contribution in [0.4, 0.5) is 0 Å². The molecule has 2 heterocycles. The normalized spacial score (nSPS) is 23.4. The number of nitrogens with zero attached hydrogens (tertiary/aromatic N) is 2. The minimum absolute atomic E-state index is 0.223. The predicted octanol–water partition coefficient (Wildman–Crippen LogP) is 3.44. The molecule has 0 bridgehead atoms. The first kappa shape index (κ1) is 14.9. The third-order valence-electron chi connectivity index (χ3n) is 3.28. The Labute approximate surface area is 127 Å². The highest BCUT2D eigenvalue weighted by Gasteiger charge is 2.25. The number of amides is 1. The van der Waals surface area contributed by atoms with E-state index in [9.17, 15) is 4.79 Å². The van der Waals surface area contributed by atoms with Crippen LogP contribution in [0, 0.1) is 11.8 Å². The van der Waals surface area contributed by atoms with Gasteiger partial charge in [0.2, 0.25) is 5.91 Å². The second-order valence-electron chi connectivity index (χ2n) is 5.32. The molecule has 1 aliphatic rings. The molecular weight excluding hydrogens is 324 g/mol. The Kier molecular flexibility index (Phi) is 5.28. The molecule has 1 fully saturated rings. The van der Waals surface area contributed by atoms with E-state index in [0.717, 1.165) is 22.6 Å². The van der Waals surface area contributed by atoms with E-state index in [4.69, 9.17) is 0 Å². The molecule has 104 valence electrons. The number of thioether (sulfide) groups is 1. The van der Waals surface area contributed by atoms with Gasteiger partial charge < -0.3 is 4.90 Å². The lowest BCUT2D eigenvalue weighted by Crippen LogP contribution is -2.43. The van der Waals surface area contributed by atoms with Gasteiger partial charge >= 0.3 is 0 Å². The molecule has 0 radical (unpaired) electrons. The fourth-order valence-corrected chi connectivity index (χ4v) is 3.95. The number of carbonyl (C=O) groups is 1. The van der Waals surface area contributed by atoms with Crippen LogP contribution in [-0.4, -0.2) is 34.6 Å². The first-order chi connectivity index (χ1) is 9.06. The van der Waals surface area contributed by atoms with Gasteiger partial charge in [-0.1, -0.05) is 25.6 Å². The Morgan fingerprint density at radius 3 is 2.79 bits per heavy atom. The zero-order valence-corrected chi connectivity index (χ0v) is 13.7. The molecule has 2 unspecified atom stereocenters. The van der Waals surface area contributed by atoms with Crippen molar-refractivity contribution in [2.75, 3.05) is 18.8 Å². The van der Waals surface area contributed by atoms with Gasteiger partial charge in [0.15, 0.2) is 0 Å². The number of pyridine rings is 1. The minimum atomic E-state index is 0.223. The summed E-state index contributed by atoms with van der Waals surface area (Å²) in [6, 6.07) is 3.83. The molecule has 0 aliphatic carbocycles. The van der Waals surface area contributed by atoms with Crippen LogP contribution < -0.4 is 0 Å². The van der Waals surface area contributed by atoms with E-state index in [1.807, 2.05) is 17.0 Å². The van der Waals surface area contributed by atoms with Crippen molar-refractivity contribution in [3.8, 4) is 0 Å². The zero-order valence-electron chi connectivity index (χ0n) is 11.3. The number of rotatable bonds is 3. The van der Waals surface area contributed by atoms with E-state index < -0.39 is 0 Å². The highest BCUT2D eigenvalue weighted by molar-refractivity contribution is 9.10. The van der Waals surface area contributed by atoms with Crippen molar-refractivity contribution in [3.05, 3.63) is 22.8 Å². The van der Waals surface area contributed by atoms with Crippen molar-refractivity contribution in [1.29, 1.82) is 0 Å². The maximum atomic E-state index is 12.2. The van der Waals surface area contributed by atoms with E-state index in [1.54, 1.807) is 6.20 Å². The molecule has 2 rings (SSSR count). The second-order valence-corrected chi connectivity index (χ2v) is 7.14. The quantitative estimate of drug-likeness (QED) is 0.789. The van der Waals surface area contributed by atoms with Crippen LogP contribution in [0.15, 0.2) is 27.8 Å². The largest absolute Gasteiger partial charge is 0.341 e. The molecule has 5 heteroatoms. The summed E-state index contributed by atoms with van der Waals surface area (Å²) < 4.78 is 0.952. The summed E-state index contributed by atoms with van der Waals surface area (Å²) in [5.41, 5.74) is 0. The van der Waals surface area contributed by atoms with E-state index in [-0.39, 0.29) is 5.91 Å². The second kappa shape index (κ2) is 6.75. The summed E-state index contributed by atoms with van der Waals surface area (Å²) in [6.45, 7) is 6.23. The summed E-state index contributed by atoms with van der Waals surface area (Å²) in [7, 11) is 0. The van der Waals surface area contributed by atoms with E-state index >= 15 is 0 Å². The van der Waals surface area contributed by atoms with Crippen LogP contribution in [-0.2, 0) is 4.79 Å². The van der Waals surface area contributed by atoms with Crippen LogP contribution in [0.3, 0.4) is 0 Å². The standard InChI is InChI=1S/C14H19BrN2OS/c1-10-6-11(2)8-17(7-10)13(18)9-19-14-12(15)4-3-5-16-14/h3-5,10-11H,6-9H2,1-2H3. The number of carbonyl (C=O) groups excluding carboxylic acids is 1. The van der Waals surface area contributed by atoms with Crippen LogP contribution in [0.1, 0.15) is 20.3 Å². The fourth-order valence-electron chi connectivity index (χ4n) is 2.57. The average molecular weight is 343 g/mol. The average Bonchev–Trinajstić information content (AvgIpc) is 2.36. The van der Waals surface area contributed by atoms with Gasteiger partial charge in [0.1, 0.15) is 5.03 Å². The molecule has 19 heavy (non-hydrogen) atoms. The van der Waals surface area contributed by atoms with Crippen LogP contribution in [0.5, 0.6) is 0 Å². The number of likely N-dealkylation sites (tertiary alicyclic amines) is 1. The number of piperidine rings is 1. The smallest absolute Gasteiger partial charge is 0.233 e. The van der Waals surface area contributed by atoms with E-state index in [2.05, 4.69) is 34.8 Å². The van der Waals surface area contributed by atoms with Crippen LogP contribution in [0.2, 0.25) is 0 Å². The van der Waals surface area contributed by atoms with Crippen molar-refractivity contribution in [3.63, 3.8) is 0 Å². The van der Waals surface area contributed by atoms with Crippen molar-refractivity contribution in [2.45, 2.75) is 25.3 Å². The topological polar surface area (TPSA) is 33.2 Å². The number of hydrogen-bond acceptors (Lipinski definition) is 3. The molecule has 1 saturated heterocycles. The molecule has 1 aromatic heterocycles. The van der Waals surface area contributed by atoms with Gasteiger partial charge in [-0.3, -0.25) is 4.79 Å². The first-order valence-corrected chi connectivity index (χ1v) is 8.35. The maximum Gasteiger partial charge on any atom is 0.233 e. The molecule has 1 aliphatic heterocycles. The number of aromatic nitrogens is 1. The number of halogens is 1. The molecule has 1 amide bonds. The van der Waals surface area contributed by atoms with Gasteiger partial charge in [-0.05, 0) is 46.3 Å². The predicted molar refractivity (Wildman–Crippen MR) is 82.2 cm³/mol. The van der Waals surface area contributed by atoms with Gasteiger partial charge in [0, 0.05) is 23.8 Å². The van der Waals surface area contributed by atoms with Crippen molar-refractivity contribution in [1.82, 2.24) is 9.88 Å². The van der Waals surface area contributed by atoms with Gasteiger partial charge in [0.25, 0.3) is 0 Å². The lowest BCUT2D eigenvalue weighted by atomic mass is 9.92. The molecule has 0 spiro atoms. The Morgan fingerprint density at radius 2 is 2.16 bits per heavy atom. The van der Waals surface area contributed by atoms with Gasteiger partial charge in [-0.15, -0.1) is 0 Å². The van der Waals surface area contributed by atoms with Crippen molar-refractivity contribution >= 4 is 33.6 Å². The van der Waals surface area contributed by atoms with Crippen LogP contribution in [0.25, 0.3) is 0 Å². The Bertz CT molecular complexity index is 445. The summed E-state index contributed by atoms with van der Waals surface area (Å²) in [4.78, 5) is 18.5. The molecule has 0 aromatic carbocycles. The molecule has 1 aromatic rings. The molecule has 2 atom stereocenters. The fraction of sp³-hybridized carbons (Fsp3) is 0.571. The lowest BCUT2D eigenvalue weighted by molar-refractivity contribution is -0.130. The zero-order chi connectivity index (χ0) is 13.8. The van der Waals surface area contributed by atoms with E-state index in [1.165, 1.54) is 18.2 Å². The molecule has 0 saturated carbocycles. The highest BCUT2D eigenvalue weighted by atomic mass is 79.9. The monoisotopic (exact) mass is 342 g/mol. The van der Waals surface area contributed by atoms with E-state index in [0.29, 0.717) is 17.6 Å². The third-order valence-corrected chi connectivity index (χ3v) is 5.17. The Morgan fingerprint density at radius 1 is 1.47 bits per heavy atom. The van der Waals surface area contributed by atoms with Gasteiger partial charge in [-0.25, -0.2) is 4.98 Å². The summed E-state index contributed by atoms with van der Waals surface area (Å²) >= 11 is 4.96. The van der Waals surface area contributed by atoms with Gasteiger partial charge in [-0.2, -0.15) is 0 Å². The molecule has 3 nitrogen and oxygen atoms in total.